The second-order valence-corrected chi connectivity index (χ2v) is 4.05. The lowest BCUT2D eigenvalue weighted by atomic mass is 9.95. The molecule has 5 heteroatoms. The molecule has 0 aromatic heterocycles. The van der Waals surface area contributed by atoms with E-state index in [1.165, 1.54) is 13.8 Å². The van der Waals surface area contributed by atoms with Gasteiger partial charge in [-0.15, -0.1) is 0 Å². The highest BCUT2D eigenvalue weighted by atomic mass is 19.1. The fraction of sp³-hybridized carbons (Fsp3) is 0.364. The molecule has 1 aromatic carbocycles. The largest absolute Gasteiger partial charge is 0.489 e. The minimum atomic E-state index is -1.12. The van der Waals surface area contributed by atoms with Crippen LogP contribution in [0.1, 0.15) is 13.8 Å². The lowest BCUT2D eigenvalue weighted by Gasteiger charge is -2.19. The molecular formula is C11H12F2O3. The molecule has 0 aliphatic rings. The average molecular weight is 230 g/mol. The molecule has 0 fully saturated rings. The van der Waals surface area contributed by atoms with Gasteiger partial charge in [-0.3, -0.25) is 4.79 Å². The maximum absolute atomic E-state index is 13.1. The molecule has 0 spiro atoms. The fourth-order valence-corrected chi connectivity index (χ4v) is 0.912. The molecule has 1 rings (SSSR count). The molecule has 16 heavy (non-hydrogen) atoms. The first-order valence-electron chi connectivity index (χ1n) is 4.64. The van der Waals surface area contributed by atoms with Crippen LogP contribution in [0.2, 0.25) is 0 Å². The molecule has 88 valence electrons. The van der Waals surface area contributed by atoms with Gasteiger partial charge in [0.1, 0.15) is 12.4 Å². The summed E-state index contributed by atoms with van der Waals surface area (Å²) in [6, 6.07) is 2.86. The number of benzene rings is 1. The van der Waals surface area contributed by atoms with Gasteiger partial charge in [-0.2, -0.15) is 0 Å². The minimum absolute atomic E-state index is 0.157. The van der Waals surface area contributed by atoms with Gasteiger partial charge < -0.3 is 9.84 Å². The van der Waals surface area contributed by atoms with E-state index in [0.29, 0.717) is 6.07 Å². The maximum atomic E-state index is 13.1. The molecular weight excluding hydrogens is 218 g/mol. The Morgan fingerprint density at radius 2 is 2.06 bits per heavy atom. The van der Waals surface area contributed by atoms with E-state index in [1.807, 2.05) is 0 Å². The summed E-state index contributed by atoms with van der Waals surface area (Å²) in [7, 11) is 0. The number of carbonyl (C=O) groups is 1. The predicted molar refractivity (Wildman–Crippen MR) is 53.3 cm³/mol. The van der Waals surface area contributed by atoms with Gasteiger partial charge in [0.2, 0.25) is 0 Å². The number of ether oxygens (including phenoxy) is 1. The third kappa shape index (κ3) is 2.92. The molecule has 0 aliphatic carbocycles. The highest BCUT2D eigenvalue weighted by molar-refractivity contribution is 5.73. The van der Waals surface area contributed by atoms with Crippen LogP contribution in [-0.2, 0) is 4.79 Å². The highest BCUT2D eigenvalue weighted by Gasteiger charge is 2.28. The van der Waals surface area contributed by atoms with Crippen molar-refractivity contribution in [1.29, 1.82) is 0 Å². The van der Waals surface area contributed by atoms with Crippen LogP contribution in [-0.4, -0.2) is 17.7 Å². The molecule has 0 unspecified atom stereocenters. The standard InChI is InChI=1S/C11H12F2O3/c1-11(2,10(14)15)6-16-9-4-3-7(12)5-8(9)13/h3-5H,6H2,1-2H3,(H,14,15). The van der Waals surface area contributed by atoms with Gasteiger partial charge in [0, 0.05) is 6.07 Å². The Morgan fingerprint density at radius 1 is 1.44 bits per heavy atom. The lowest BCUT2D eigenvalue weighted by molar-refractivity contribution is -0.148. The first-order chi connectivity index (χ1) is 7.33. The van der Waals surface area contributed by atoms with Crippen LogP contribution in [0.4, 0.5) is 8.78 Å². The summed E-state index contributed by atoms with van der Waals surface area (Å²) in [5, 5.41) is 8.80. The number of carboxylic acid groups (broad SMARTS) is 1. The van der Waals surface area contributed by atoms with Crippen molar-refractivity contribution in [1.82, 2.24) is 0 Å². The normalized spacial score (nSPS) is 11.2. The molecule has 0 amide bonds. The van der Waals surface area contributed by atoms with Crippen LogP contribution in [0.15, 0.2) is 18.2 Å². The van der Waals surface area contributed by atoms with E-state index < -0.39 is 23.0 Å². The van der Waals surface area contributed by atoms with E-state index in [2.05, 4.69) is 0 Å². The first-order valence-corrected chi connectivity index (χ1v) is 4.64. The summed E-state index contributed by atoms with van der Waals surface area (Å²) in [6.07, 6.45) is 0. The third-order valence-electron chi connectivity index (χ3n) is 2.06. The number of carboxylic acids is 1. The smallest absolute Gasteiger partial charge is 0.312 e. The van der Waals surface area contributed by atoms with Gasteiger partial charge in [0.15, 0.2) is 11.6 Å². The number of halogens is 2. The summed E-state index contributed by atoms with van der Waals surface area (Å²) in [5.41, 5.74) is -1.12. The Balaban J connectivity index is 2.72. The van der Waals surface area contributed by atoms with Crippen molar-refractivity contribution >= 4 is 5.97 Å². The zero-order valence-electron chi connectivity index (χ0n) is 8.96. The van der Waals surface area contributed by atoms with Crippen molar-refractivity contribution in [3.8, 4) is 5.75 Å². The molecule has 1 aromatic rings. The molecule has 0 radical (unpaired) electrons. The average Bonchev–Trinajstić information content (AvgIpc) is 2.16. The topological polar surface area (TPSA) is 46.5 Å². The van der Waals surface area contributed by atoms with E-state index in [1.54, 1.807) is 0 Å². The number of hydrogen-bond acceptors (Lipinski definition) is 2. The number of rotatable bonds is 4. The Bertz CT molecular complexity index is 402. The molecule has 0 atom stereocenters. The van der Waals surface area contributed by atoms with E-state index >= 15 is 0 Å². The van der Waals surface area contributed by atoms with E-state index in [0.717, 1.165) is 12.1 Å². The van der Waals surface area contributed by atoms with Crippen LogP contribution in [0.5, 0.6) is 5.75 Å². The Kier molecular flexibility index (Phi) is 3.47. The van der Waals surface area contributed by atoms with Crippen molar-refractivity contribution in [2.24, 2.45) is 5.41 Å². The first kappa shape index (κ1) is 12.4. The van der Waals surface area contributed by atoms with E-state index in [4.69, 9.17) is 9.84 Å². The van der Waals surface area contributed by atoms with Crippen LogP contribution < -0.4 is 4.74 Å². The molecule has 3 nitrogen and oxygen atoms in total. The molecule has 0 aliphatic heterocycles. The van der Waals surface area contributed by atoms with Crippen molar-refractivity contribution in [2.75, 3.05) is 6.61 Å². The van der Waals surface area contributed by atoms with Crippen LogP contribution >= 0.6 is 0 Å². The summed E-state index contributed by atoms with van der Waals surface area (Å²) in [5.74, 6) is -2.76. The van der Waals surface area contributed by atoms with Crippen molar-refractivity contribution in [3.63, 3.8) is 0 Å². The third-order valence-corrected chi connectivity index (χ3v) is 2.06. The maximum Gasteiger partial charge on any atom is 0.312 e. The van der Waals surface area contributed by atoms with Gasteiger partial charge in [-0.05, 0) is 26.0 Å². The number of hydrogen-bond donors (Lipinski definition) is 1. The predicted octanol–water partition coefficient (Wildman–Crippen LogP) is 2.45. The van der Waals surface area contributed by atoms with Crippen molar-refractivity contribution in [3.05, 3.63) is 29.8 Å². The quantitative estimate of drug-likeness (QED) is 0.864. The highest BCUT2D eigenvalue weighted by Crippen LogP contribution is 2.22. The zero-order chi connectivity index (χ0) is 12.3. The Labute approximate surface area is 91.7 Å². The van der Waals surface area contributed by atoms with Gasteiger partial charge in [0.05, 0.1) is 5.41 Å². The minimum Gasteiger partial charge on any atom is -0.489 e. The summed E-state index contributed by atoms with van der Waals surface area (Å²) in [4.78, 5) is 10.7. The molecule has 0 saturated heterocycles. The molecule has 0 heterocycles. The van der Waals surface area contributed by atoms with Gasteiger partial charge in [-0.25, -0.2) is 8.78 Å². The molecule has 1 N–H and O–H groups in total. The Hall–Kier alpha value is -1.65. The van der Waals surface area contributed by atoms with Gasteiger partial charge in [0.25, 0.3) is 0 Å². The fourth-order valence-electron chi connectivity index (χ4n) is 0.912. The van der Waals surface area contributed by atoms with E-state index in [-0.39, 0.29) is 12.4 Å². The molecule has 0 bridgehead atoms. The monoisotopic (exact) mass is 230 g/mol. The van der Waals surface area contributed by atoms with Gasteiger partial charge in [-0.1, -0.05) is 0 Å². The summed E-state index contributed by atoms with van der Waals surface area (Å²) in [6.45, 7) is 2.72. The van der Waals surface area contributed by atoms with Crippen molar-refractivity contribution < 1.29 is 23.4 Å². The zero-order valence-corrected chi connectivity index (χ0v) is 8.96. The van der Waals surface area contributed by atoms with E-state index in [9.17, 15) is 13.6 Å². The number of aliphatic carboxylic acids is 1. The second-order valence-electron chi connectivity index (χ2n) is 4.05. The van der Waals surface area contributed by atoms with Crippen LogP contribution in [0.25, 0.3) is 0 Å². The Morgan fingerprint density at radius 3 is 2.56 bits per heavy atom. The van der Waals surface area contributed by atoms with Crippen molar-refractivity contribution in [2.45, 2.75) is 13.8 Å². The van der Waals surface area contributed by atoms with Gasteiger partial charge >= 0.3 is 5.97 Å². The lowest BCUT2D eigenvalue weighted by Crippen LogP contribution is -2.30. The SMILES string of the molecule is CC(C)(COc1ccc(F)cc1F)C(=O)O. The summed E-state index contributed by atoms with van der Waals surface area (Å²) < 4.78 is 30.7. The molecule has 0 saturated carbocycles. The van der Waals surface area contributed by atoms with Crippen LogP contribution in [0, 0.1) is 17.0 Å². The second kappa shape index (κ2) is 4.47. The summed E-state index contributed by atoms with van der Waals surface area (Å²) >= 11 is 0. The van der Waals surface area contributed by atoms with Crippen LogP contribution in [0.3, 0.4) is 0 Å².